The van der Waals surface area contributed by atoms with E-state index in [0.29, 0.717) is 0 Å². The lowest BCUT2D eigenvalue weighted by Crippen LogP contribution is -2.52. The van der Waals surface area contributed by atoms with Gasteiger partial charge in [0, 0.05) is 0 Å². The predicted octanol–water partition coefficient (Wildman–Crippen LogP) is -1.43. The molecule has 0 atom stereocenters. The summed E-state index contributed by atoms with van der Waals surface area (Å²) in [5.74, 6) is -0.588. The molecule has 2 aromatic heterocycles. The Bertz CT molecular complexity index is 657. The Hall–Kier alpha value is -2.62. The van der Waals surface area contributed by atoms with E-state index in [2.05, 4.69) is 30.4 Å². The number of halogens is 1. The highest BCUT2D eigenvalue weighted by Crippen LogP contribution is 2.13. The lowest BCUT2D eigenvalue weighted by atomic mass is 10.3. The van der Waals surface area contributed by atoms with Gasteiger partial charge in [0.15, 0.2) is 0 Å². The van der Waals surface area contributed by atoms with E-state index in [-0.39, 0.29) is 30.3 Å². The Kier molecular flexibility index (Phi) is 2.99. The third kappa shape index (κ3) is 2.40. The molecule has 10 nitrogen and oxygen atoms in total. The first-order valence-corrected chi connectivity index (χ1v) is 5.84. The average Bonchev–Trinajstić information content (AvgIpc) is 2.90. The Morgan fingerprint density at radius 3 is 2.45 bits per heavy atom. The Morgan fingerprint density at radius 2 is 1.80 bits per heavy atom. The molecule has 2 aromatic rings. The molecule has 2 amide bonds. The summed E-state index contributed by atoms with van der Waals surface area (Å²) in [4.78, 5) is 39.8. The van der Waals surface area contributed by atoms with Crippen molar-refractivity contribution in [3.8, 4) is 5.95 Å². The van der Waals surface area contributed by atoms with Gasteiger partial charge < -0.3 is 4.90 Å². The molecule has 1 N–H and O–H groups in total. The number of anilines is 1. The number of nitrogens with zero attached hydrogens (tertiary/aromatic N) is 7. The van der Waals surface area contributed by atoms with E-state index >= 15 is 0 Å². The second-order valence-corrected chi connectivity index (χ2v) is 4.21. The normalized spacial score (nSPS) is 15.3. The van der Waals surface area contributed by atoms with Crippen LogP contribution in [0, 0.1) is 0 Å². The summed E-state index contributed by atoms with van der Waals surface area (Å²) >= 11 is 5.82. The minimum Gasteiger partial charge on any atom is -0.322 e. The van der Waals surface area contributed by atoms with Gasteiger partial charge in [-0.1, -0.05) is 0 Å². The van der Waals surface area contributed by atoms with Gasteiger partial charge in [-0.05, 0) is 11.6 Å². The van der Waals surface area contributed by atoms with Crippen LogP contribution in [0.15, 0.2) is 12.7 Å². The van der Waals surface area contributed by atoms with Crippen LogP contribution in [0.4, 0.5) is 5.95 Å². The SMILES string of the molecule is O=C1CN(c2nc(Cl)nc(-n3cncn3)n2)CC(=O)N1. The summed E-state index contributed by atoms with van der Waals surface area (Å²) < 4.78 is 1.29. The number of aromatic nitrogens is 6. The highest BCUT2D eigenvalue weighted by Gasteiger charge is 2.25. The molecule has 1 aliphatic rings. The molecule has 11 heteroatoms. The Labute approximate surface area is 116 Å². The molecular formula is C9H7ClN8O2. The highest BCUT2D eigenvalue weighted by molar-refractivity contribution is 6.28. The number of rotatable bonds is 2. The summed E-state index contributed by atoms with van der Waals surface area (Å²) in [6.07, 6.45) is 2.71. The first kappa shape index (κ1) is 12.4. The summed E-state index contributed by atoms with van der Waals surface area (Å²) in [6.45, 7) is -0.0776. The lowest BCUT2D eigenvalue weighted by Gasteiger charge is -2.25. The summed E-state index contributed by atoms with van der Waals surface area (Å²) in [5, 5.41) is 5.99. The molecular weight excluding hydrogens is 288 g/mol. The zero-order valence-electron chi connectivity index (χ0n) is 9.89. The topological polar surface area (TPSA) is 119 Å². The van der Waals surface area contributed by atoms with E-state index < -0.39 is 11.8 Å². The van der Waals surface area contributed by atoms with Gasteiger partial charge in [-0.2, -0.15) is 24.7 Å². The number of piperazine rings is 1. The Balaban J connectivity index is 1.97. The molecule has 1 saturated heterocycles. The molecule has 0 aromatic carbocycles. The van der Waals surface area contributed by atoms with Crippen molar-refractivity contribution < 1.29 is 9.59 Å². The smallest absolute Gasteiger partial charge is 0.258 e. The summed E-state index contributed by atoms with van der Waals surface area (Å²) in [6, 6.07) is 0. The maximum absolute atomic E-state index is 11.4. The first-order chi connectivity index (χ1) is 9.61. The summed E-state index contributed by atoms with van der Waals surface area (Å²) in [5.41, 5.74) is 0. The van der Waals surface area contributed by atoms with Crippen molar-refractivity contribution in [1.29, 1.82) is 0 Å². The molecule has 20 heavy (non-hydrogen) atoms. The van der Waals surface area contributed by atoms with Crippen molar-refractivity contribution in [2.24, 2.45) is 0 Å². The Morgan fingerprint density at radius 1 is 1.10 bits per heavy atom. The molecule has 102 valence electrons. The fourth-order valence-electron chi connectivity index (χ4n) is 1.66. The molecule has 1 aliphatic heterocycles. The largest absolute Gasteiger partial charge is 0.322 e. The van der Waals surface area contributed by atoms with Gasteiger partial charge in [-0.3, -0.25) is 14.9 Å². The minimum absolute atomic E-state index is 0.0388. The van der Waals surface area contributed by atoms with E-state index in [1.54, 1.807) is 0 Å². The van der Waals surface area contributed by atoms with E-state index in [4.69, 9.17) is 11.6 Å². The van der Waals surface area contributed by atoms with Gasteiger partial charge in [-0.25, -0.2) is 4.98 Å². The molecule has 1 fully saturated rings. The quantitative estimate of drug-likeness (QED) is 0.670. The number of carbonyl (C=O) groups is 2. The van der Waals surface area contributed by atoms with Crippen LogP contribution in [0.1, 0.15) is 0 Å². The van der Waals surface area contributed by atoms with Gasteiger partial charge in [0.1, 0.15) is 25.7 Å². The van der Waals surface area contributed by atoms with Crippen LogP contribution in [0.3, 0.4) is 0 Å². The third-order valence-corrected chi connectivity index (χ3v) is 2.61. The maximum atomic E-state index is 11.4. The number of imide groups is 1. The van der Waals surface area contributed by atoms with Crippen molar-refractivity contribution in [3.63, 3.8) is 0 Å². The van der Waals surface area contributed by atoms with Crippen LogP contribution in [0.25, 0.3) is 5.95 Å². The monoisotopic (exact) mass is 294 g/mol. The average molecular weight is 295 g/mol. The standard InChI is InChI=1S/C9H7ClN8O2/c10-7-14-8(17-1-5(19)13-6(20)2-17)16-9(15-7)18-4-11-3-12-18/h3-4H,1-2H2,(H,13,19,20). The fourth-order valence-corrected chi connectivity index (χ4v) is 1.81. The lowest BCUT2D eigenvalue weighted by molar-refractivity contribution is -0.130. The van der Waals surface area contributed by atoms with Crippen molar-refractivity contribution in [3.05, 3.63) is 17.9 Å². The molecule has 3 rings (SSSR count). The molecule has 0 unspecified atom stereocenters. The van der Waals surface area contributed by atoms with Crippen LogP contribution in [0.2, 0.25) is 5.28 Å². The van der Waals surface area contributed by atoms with Crippen molar-refractivity contribution in [1.82, 2.24) is 35.0 Å². The van der Waals surface area contributed by atoms with E-state index in [9.17, 15) is 9.59 Å². The highest BCUT2D eigenvalue weighted by atomic mass is 35.5. The second kappa shape index (κ2) is 4.81. The first-order valence-electron chi connectivity index (χ1n) is 5.46. The number of amides is 2. The van der Waals surface area contributed by atoms with Crippen LogP contribution in [-0.2, 0) is 9.59 Å². The van der Waals surface area contributed by atoms with Gasteiger partial charge in [-0.15, -0.1) is 0 Å². The van der Waals surface area contributed by atoms with Gasteiger partial charge >= 0.3 is 0 Å². The molecule has 0 spiro atoms. The van der Waals surface area contributed by atoms with Gasteiger partial charge in [0.2, 0.25) is 23.0 Å². The van der Waals surface area contributed by atoms with Crippen LogP contribution >= 0.6 is 11.6 Å². The number of nitrogens with one attached hydrogen (secondary N) is 1. The number of hydrogen-bond acceptors (Lipinski definition) is 8. The van der Waals surface area contributed by atoms with Crippen LogP contribution < -0.4 is 10.2 Å². The zero-order valence-corrected chi connectivity index (χ0v) is 10.6. The zero-order chi connectivity index (χ0) is 14.1. The predicted molar refractivity (Wildman–Crippen MR) is 65.1 cm³/mol. The van der Waals surface area contributed by atoms with Gasteiger partial charge in [0.25, 0.3) is 5.95 Å². The molecule has 0 saturated carbocycles. The molecule has 3 heterocycles. The van der Waals surface area contributed by atoms with E-state index in [1.165, 1.54) is 22.2 Å². The van der Waals surface area contributed by atoms with Crippen molar-refractivity contribution >= 4 is 29.4 Å². The third-order valence-electron chi connectivity index (χ3n) is 2.44. The fraction of sp³-hybridized carbons (Fsp3) is 0.222. The molecule has 0 bridgehead atoms. The summed E-state index contributed by atoms with van der Waals surface area (Å²) in [7, 11) is 0. The van der Waals surface area contributed by atoms with Crippen molar-refractivity contribution in [2.75, 3.05) is 18.0 Å². The molecule has 0 aliphatic carbocycles. The molecule has 0 radical (unpaired) electrons. The van der Waals surface area contributed by atoms with Crippen molar-refractivity contribution in [2.45, 2.75) is 0 Å². The van der Waals surface area contributed by atoms with Crippen LogP contribution in [0.5, 0.6) is 0 Å². The minimum atomic E-state index is -0.430. The second-order valence-electron chi connectivity index (χ2n) is 3.87. The maximum Gasteiger partial charge on any atom is 0.258 e. The van der Waals surface area contributed by atoms with E-state index in [1.807, 2.05) is 0 Å². The number of hydrogen-bond donors (Lipinski definition) is 1. The van der Waals surface area contributed by atoms with Crippen LogP contribution in [-0.4, -0.2) is 54.6 Å². The van der Waals surface area contributed by atoms with E-state index in [0.717, 1.165) is 0 Å². The number of carbonyl (C=O) groups excluding carboxylic acids is 2. The van der Waals surface area contributed by atoms with Gasteiger partial charge in [0.05, 0.1) is 0 Å².